The maximum Gasteiger partial charge on any atom is 0.314 e. The highest BCUT2D eigenvalue weighted by molar-refractivity contribution is 5.73. The van der Waals surface area contributed by atoms with E-state index in [-0.39, 0.29) is 24.5 Å². The smallest absolute Gasteiger partial charge is 0.314 e. The molecule has 2 unspecified atom stereocenters. The molecule has 1 heterocycles. The van der Waals surface area contributed by atoms with E-state index < -0.39 is 5.97 Å². The topological polar surface area (TPSA) is 90.9 Å². The van der Waals surface area contributed by atoms with Gasteiger partial charge in [-0.15, -0.1) is 0 Å². The van der Waals surface area contributed by atoms with Crippen molar-refractivity contribution in [3.63, 3.8) is 0 Å². The van der Waals surface area contributed by atoms with Crippen molar-refractivity contribution in [3.8, 4) is 0 Å². The van der Waals surface area contributed by atoms with E-state index in [0.29, 0.717) is 26.1 Å². The lowest BCUT2D eigenvalue weighted by molar-refractivity contribution is -0.137. The maximum absolute atomic E-state index is 11.7. The van der Waals surface area contributed by atoms with Crippen molar-refractivity contribution in [2.75, 3.05) is 39.3 Å². The van der Waals surface area contributed by atoms with Crippen LogP contribution in [-0.4, -0.2) is 67.4 Å². The molecule has 2 atom stereocenters. The fourth-order valence-corrected chi connectivity index (χ4v) is 2.20. The van der Waals surface area contributed by atoms with Gasteiger partial charge in [-0.05, 0) is 18.9 Å². The summed E-state index contributed by atoms with van der Waals surface area (Å²) in [6.45, 7) is 8.48. The lowest BCUT2D eigenvalue weighted by Crippen LogP contribution is -2.49. The number of hydrogen-bond acceptors (Lipinski definition) is 4. The van der Waals surface area contributed by atoms with Gasteiger partial charge in [-0.1, -0.05) is 13.8 Å². The number of likely N-dealkylation sites (N-methyl/N-ethyl adjacent to an activating group) is 1. The molecule has 1 aliphatic heterocycles. The van der Waals surface area contributed by atoms with Crippen LogP contribution in [-0.2, 0) is 9.53 Å². The highest BCUT2D eigenvalue weighted by Crippen LogP contribution is 2.04. The van der Waals surface area contributed by atoms with Crippen molar-refractivity contribution in [1.82, 2.24) is 15.5 Å². The zero-order chi connectivity index (χ0) is 15.7. The molecule has 0 aliphatic carbocycles. The third-order valence-electron chi connectivity index (χ3n) is 3.62. The SMILES string of the molecule is CCN1CCOC(CNC(=O)NCC(C)CCC(=O)O)C1. The second-order valence-corrected chi connectivity index (χ2v) is 5.51. The van der Waals surface area contributed by atoms with Gasteiger partial charge in [0.15, 0.2) is 0 Å². The number of carboxylic acids is 1. The molecule has 3 N–H and O–H groups in total. The van der Waals surface area contributed by atoms with Gasteiger partial charge in [0.25, 0.3) is 0 Å². The van der Waals surface area contributed by atoms with Gasteiger partial charge in [0.05, 0.1) is 12.7 Å². The van der Waals surface area contributed by atoms with E-state index in [4.69, 9.17) is 9.84 Å². The highest BCUT2D eigenvalue weighted by Gasteiger charge is 2.19. The number of carbonyl (C=O) groups is 2. The number of nitrogens with zero attached hydrogens (tertiary/aromatic N) is 1. The Bertz CT molecular complexity index is 338. The fourth-order valence-electron chi connectivity index (χ4n) is 2.20. The van der Waals surface area contributed by atoms with Crippen LogP contribution in [0.3, 0.4) is 0 Å². The molecule has 1 rings (SSSR count). The molecule has 0 saturated carbocycles. The zero-order valence-corrected chi connectivity index (χ0v) is 12.9. The van der Waals surface area contributed by atoms with Gasteiger partial charge in [0, 0.05) is 32.6 Å². The second-order valence-electron chi connectivity index (χ2n) is 5.51. The summed E-state index contributed by atoms with van der Waals surface area (Å²) in [6, 6.07) is -0.227. The summed E-state index contributed by atoms with van der Waals surface area (Å²) in [7, 11) is 0. The number of nitrogens with one attached hydrogen (secondary N) is 2. The number of carbonyl (C=O) groups excluding carboxylic acids is 1. The molecule has 122 valence electrons. The molecule has 1 aliphatic rings. The van der Waals surface area contributed by atoms with Crippen molar-refractivity contribution in [2.45, 2.75) is 32.8 Å². The minimum Gasteiger partial charge on any atom is -0.481 e. The summed E-state index contributed by atoms with van der Waals surface area (Å²) < 4.78 is 5.60. The van der Waals surface area contributed by atoms with Crippen molar-refractivity contribution in [3.05, 3.63) is 0 Å². The largest absolute Gasteiger partial charge is 0.481 e. The number of morpholine rings is 1. The Hall–Kier alpha value is -1.34. The molecule has 0 bridgehead atoms. The van der Waals surface area contributed by atoms with Crippen molar-refractivity contribution in [2.24, 2.45) is 5.92 Å². The first kappa shape index (κ1) is 17.7. The van der Waals surface area contributed by atoms with Gasteiger partial charge < -0.3 is 20.5 Å². The Morgan fingerprint density at radius 3 is 2.86 bits per heavy atom. The molecule has 2 amide bonds. The monoisotopic (exact) mass is 301 g/mol. The maximum atomic E-state index is 11.7. The number of rotatable bonds is 8. The highest BCUT2D eigenvalue weighted by atomic mass is 16.5. The predicted octanol–water partition coefficient (Wildman–Crippen LogP) is 0.507. The number of carboxylic acid groups (broad SMARTS) is 1. The molecular formula is C14H27N3O4. The van der Waals surface area contributed by atoms with Gasteiger partial charge >= 0.3 is 12.0 Å². The van der Waals surface area contributed by atoms with Crippen LogP contribution >= 0.6 is 0 Å². The van der Waals surface area contributed by atoms with E-state index in [0.717, 1.165) is 19.6 Å². The number of amides is 2. The summed E-state index contributed by atoms with van der Waals surface area (Å²) in [5, 5.41) is 14.2. The van der Waals surface area contributed by atoms with Crippen LogP contribution in [0.1, 0.15) is 26.7 Å². The molecule has 0 radical (unpaired) electrons. The third kappa shape index (κ3) is 7.87. The third-order valence-corrected chi connectivity index (χ3v) is 3.62. The summed E-state index contributed by atoms with van der Waals surface area (Å²) in [5.74, 6) is -0.658. The van der Waals surface area contributed by atoms with Crippen LogP contribution in [0.4, 0.5) is 4.79 Å². The Morgan fingerprint density at radius 1 is 1.43 bits per heavy atom. The predicted molar refractivity (Wildman–Crippen MR) is 79.3 cm³/mol. The van der Waals surface area contributed by atoms with Gasteiger partial charge in [0.2, 0.25) is 0 Å². The standard InChI is InChI=1S/C14H27N3O4/c1-3-17-6-7-21-12(10-17)9-16-14(20)15-8-11(2)4-5-13(18)19/h11-12H,3-10H2,1-2H3,(H,18,19)(H2,15,16,20). The summed E-state index contributed by atoms with van der Waals surface area (Å²) in [5.41, 5.74) is 0. The van der Waals surface area contributed by atoms with Crippen LogP contribution < -0.4 is 10.6 Å². The summed E-state index contributed by atoms with van der Waals surface area (Å²) >= 11 is 0. The van der Waals surface area contributed by atoms with Gasteiger partial charge in [-0.2, -0.15) is 0 Å². The molecule has 21 heavy (non-hydrogen) atoms. The molecule has 0 aromatic heterocycles. The van der Waals surface area contributed by atoms with Gasteiger partial charge in [0.1, 0.15) is 0 Å². The number of aliphatic carboxylic acids is 1. The normalized spacial score (nSPS) is 20.8. The van der Waals surface area contributed by atoms with Crippen molar-refractivity contribution in [1.29, 1.82) is 0 Å². The lowest BCUT2D eigenvalue weighted by atomic mass is 10.1. The zero-order valence-electron chi connectivity index (χ0n) is 12.9. The van der Waals surface area contributed by atoms with Crippen molar-refractivity contribution < 1.29 is 19.4 Å². The van der Waals surface area contributed by atoms with Crippen LogP contribution in [0.15, 0.2) is 0 Å². The van der Waals surface area contributed by atoms with Crippen LogP contribution in [0.2, 0.25) is 0 Å². The van der Waals surface area contributed by atoms with E-state index >= 15 is 0 Å². The van der Waals surface area contributed by atoms with Crippen LogP contribution in [0, 0.1) is 5.92 Å². The van der Waals surface area contributed by atoms with Crippen LogP contribution in [0.25, 0.3) is 0 Å². The Labute approximate surface area is 126 Å². The van der Waals surface area contributed by atoms with E-state index in [2.05, 4.69) is 22.5 Å². The van der Waals surface area contributed by atoms with E-state index in [9.17, 15) is 9.59 Å². The molecule has 1 saturated heterocycles. The van der Waals surface area contributed by atoms with Crippen molar-refractivity contribution >= 4 is 12.0 Å². The van der Waals surface area contributed by atoms with E-state index in [1.807, 2.05) is 6.92 Å². The molecular weight excluding hydrogens is 274 g/mol. The lowest BCUT2D eigenvalue weighted by Gasteiger charge is -2.32. The molecule has 1 fully saturated rings. The summed E-state index contributed by atoms with van der Waals surface area (Å²) in [4.78, 5) is 24.4. The number of urea groups is 1. The fraction of sp³-hybridized carbons (Fsp3) is 0.857. The quantitative estimate of drug-likeness (QED) is 0.607. The van der Waals surface area contributed by atoms with Gasteiger partial charge in [-0.3, -0.25) is 9.69 Å². The Balaban J connectivity index is 2.12. The minimum atomic E-state index is -0.804. The van der Waals surface area contributed by atoms with Gasteiger partial charge in [-0.25, -0.2) is 4.79 Å². The molecule has 7 heteroatoms. The van der Waals surface area contributed by atoms with E-state index in [1.165, 1.54) is 0 Å². The molecule has 0 aromatic carbocycles. The first-order valence-electron chi connectivity index (χ1n) is 7.58. The average molecular weight is 301 g/mol. The Kier molecular flexibility index (Phi) is 8.07. The molecule has 7 nitrogen and oxygen atoms in total. The van der Waals surface area contributed by atoms with E-state index in [1.54, 1.807) is 0 Å². The van der Waals surface area contributed by atoms with Crippen LogP contribution in [0.5, 0.6) is 0 Å². The number of ether oxygens (including phenoxy) is 1. The average Bonchev–Trinajstić information content (AvgIpc) is 2.49. The summed E-state index contributed by atoms with van der Waals surface area (Å²) in [6.07, 6.45) is 0.730. The first-order chi connectivity index (χ1) is 10.0. The minimum absolute atomic E-state index is 0.0360. The molecule has 0 aromatic rings. The number of hydrogen-bond donors (Lipinski definition) is 3. The first-order valence-corrected chi connectivity index (χ1v) is 7.58. The Morgan fingerprint density at radius 2 is 2.19 bits per heavy atom. The second kappa shape index (κ2) is 9.57. The molecule has 0 spiro atoms.